The molecule has 132 valence electrons. The third-order valence-corrected chi connectivity index (χ3v) is 4.06. The van der Waals surface area contributed by atoms with E-state index in [9.17, 15) is 14.9 Å². The molecule has 1 saturated heterocycles. The van der Waals surface area contributed by atoms with Gasteiger partial charge in [-0.15, -0.1) is 0 Å². The molecule has 8 heteroatoms. The second-order valence-electron chi connectivity index (χ2n) is 5.70. The molecule has 1 heterocycles. The van der Waals surface area contributed by atoms with Crippen molar-refractivity contribution in [2.24, 2.45) is 0 Å². The van der Waals surface area contributed by atoms with Crippen LogP contribution >= 0.6 is 0 Å². The second-order valence-corrected chi connectivity index (χ2v) is 5.70. The molecule has 0 aliphatic carbocycles. The van der Waals surface area contributed by atoms with Crippen LogP contribution in [-0.4, -0.2) is 37.1 Å². The van der Waals surface area contributed by atoms with Gasteiger partial charge in [0.25, 0.3) is 11.6 Å². The summed E-state index contributed by atoms with van der Waals surface area (Å²) in [6.07, 6.45) is 0. The minimum atomic E-state index is -0.526. The van der Waals surface area contributed by atoms with E-state index in [-0.39, 0.29) is 11.3 Å². The van der Waals surface area contributed by atoms with Crippen LogP contribution in [0.15, 0.2) is 42.5 Å². The first-order valence-electron chi connectivity index (χ1n) is 8.01. The molecule has 0 bridgehead atoms. The first kappa shape index (κ1) is 17.4. The molecule has 3 rings (SSSR count). The lowest BCUT2D eigenvalue weighted by Crippen LogP contribution is -2.37. The highest BCUT2D eigenvalue weighted by Gasteiger charge is 2.22. The Morgan fingerprint density at radius 1 is 1.19 bits per heavy atom. The fraction of sp³-hybridized carbons (Fsp3) is 0.222. The summed E-state index contributed by atoms with van der Waals surface area (Å²) in [7, 11) is 0. The van der Waals surface area contributed by atoms with Crippen LogP contribution in [0, 0.1) is 21.4 Å². The number of carbonyl (C=O) groups is 1. The number of nitrogens with one attached hydrogen (secondary N) is 1. The number of rotatable bonds is 4. The van der Waals surface area contributed by atoms with Crippen LogP contribution in [0.5, 0.6) is 0 Å². The molecule has 1 N–H and O–H groups in total. The first-order valence-corrected chi connectivity index (χ1v) is 8.01. The van der Waals surface area contributed by atoms with Crippen molar-refractivity contribution < 1.29 is 14.5 Å². The Hall–Kier alpha value is -3.44. The molecular formula is C18H16N4O4. The van der Waals surface area contributed by atoms with Crippen LogP contribution in [0.3, 0.4) is 0 Å². The van der Waals surface area contributed by atoms with Crippen LogP contribution in [0.4, 0.5) is 17.1 Å². The molecule has 1 aliphatic heterocycles. The summed E-state index contributed by atoms with van der Waals surface area (Å²) in [5.74, 6) is -0.445. The van der Waals surface area contributed by atoms with Gasteiger partial charge in [0, 0.05) is 30.9 Å². The van der Waals surface area contributed by atoms with Crippen molar-refractivity contribution in [3.8, 4) is 6.07 Å². The molecule has 0 atom stereocenters. The van der Waals surface area contributed by atoms with Crippen molar-refractivity contribution in [3.05, 3.63) is 63.7 Å². The molecule has 0 unspecified atom stereocenters. The molecule has 1 fully saturated rings. The third-order valence-electron chi connectivity index (χ3n) is 4.06. The van der Waals surface area contributed by atoms with E-state index in [0.29, 0.717) is 43.2 Å². The predicted octanol–water partition coefficient (Wildman–Crippen LogP) is 2.56. The Kier molecular flexibility index (Phi) is 5.10. The number of nitro benzene ring substituents is 1. The van der Waals surface area contributed by atoms with Gasteiger partial charge in [0.05, 0.1) is 41.0 Å². The second kappa shape index (κ2) is 7.63. The fourth-order valence-electron chi connectivity index (χ4n) is 2.73. The number of nitro groups is 1. The highest BCUT2D eigenvalue weighted by Crippen LogP contribution is 2.27. The number of hydrogen-bond donors (Lipinski definition) is 1. The fourth-order valence-corrected chi connectivity index (χ4v) is 2.73. The Labute approximate surface area is 149 Å². The van der Waals surface area contributed by atoms with E-state index in [1.54, 1.807) is 30.3 Å². The van der Waals surface area contributed by atoms with Gasteiger partial charge < -0.3 is 15.0 Å². The van der Waals surface area contributed by atoms with Gasteiger partial charge in [-0.1, -0.05) is 0 Å². The van der Waals surface area contributed by atoms with Crippen LogP contribution in [0.2, 0.25) is 0 Å². The largest absolute Gasteiger partial charge is 0.378 e. The molecule has 1 amide bonds. The van der Waals surface area contributed by atoms with Gasteiger partial charge in [0.1, 0.15) is 0 Å². The molecule has 0 aromatic heterocycles. The summed E-state index contributed by atoms with van der Waals surface area (Å²) in [6.45, 7) is 2.28. The highest BCUT2D eigenvalue weighted by molar-refractivity contribution is 6.08. The van der Waals surface area contributed by atoms with E-state index in [1.807, 2.05) is 11.0 Å². The minimum absolute atomic E-state index is 0.146. The summed E-state index contributed by atoms with van der Waals surface area (Å²) >= 11 is 0. The molecule has 2 aromatic rings. The number of carbonyl (C=O) groups excluding carboxylic acids is 1. The number of amides is 1. The lowest BCUT2D eigenvalue weighted by Gasteiger charge is -2.30. The molecular weight excluding hydrogens is 336 g/mol. The zero-order valence-electron chi connectivity index (χ0n) is 13.8. The highest BCUT2D eigenvalue weighted by atomic mass is 16.6. The maximum Gasteiger partial charge on any atom is 0.270 e. The van der Waals surface area contributed by atoms with Gasteiger partial charge in [-0.3, -0.25) is 14.9 Å². The van der Waals surface area contributed by atoms with Crippen molar-refractivity contribution in [2.75, 3.05) is 36.5 Å². The average Bonchev–Trinajstić information content (AvgIpc) is 2.68. The van der Waals surface area contributed by atoms with Gasteiger partial charge in [-0.05, 0) is 30.3 Å². The smallest absolute Gasteiger partial charge is 0.270 e. The Bertz CT molecular complexity index is 868. The SMILES string of the molecule is N#Cc1ccc(NC(=O)c2cc([N+](=O)[O-])ccc2N2CCOCC2)cc1. The van der Waals surface area contributed by atoms with Gasteiger partial charge in [0.2, 0.25) is 0 Å². The van der Waals surface area contributed by atoms with Crippen molar-refractivity contribution >= 4 is 23.0 Å². The normalized spacial score (nSPS) is 13.7. The lowest BCUT2D eigenvalue weighted by atomic mass is 10.1. The minimum Gasteiger partial charge on any atom is -0.378 e. The van der Waals surface area contributed by atoms with Gasteiger partial charge >= 0.3 is 0 Å². The van der Waals surface area contributed by atoms with E-state index in [4.69, 9.17) is 10.00 Å². The molecule has 0 saturated carbocycles. The van der Waals surface area contributed by atoms with Gasteiger partial charge in [-0.2, -0.15) is 5.26 Å². The van der Waals surface area contributed by atoms with E-state index in [1.165, 1.54) is 12.1 Å². The predicted molar refractivity (Wildman–Crippen MR) is 95.2 cm³/mol. The third kappa shape index (κ3) is 3.79. The van der Waals surface area contributed by atoms with E-state index in [0.717, 1.165) is 0 Å². The van der Waals surface area contributed by atoms with Gasteiger partial charge in [0.15, 0.2) is 0 Å². The molecule has 0 spiro atoms. The Morgan fingerprint density at radius 3 is 2.50 bits per heavy atom. The van der Waals surface area contributed by atoms with Crippen LogP contribution < -0.4 is 10.2 Å². The summed E-state index contributed by atoms with van der Waals surface area (Å²) in [4.78, 5) is 25.3. The van der Waals surface area contributed by atoms with Gasteiger partial charge in [-0.25, -0.2) is 0 Å². The number of benzene rings is 2. The number of ether oxygens (including phenoxy) is 1. The quantitative estimate of drug-likeness (QED) is 0.669. The lowest BCUT2D eigenvalue weighted by molar-refractivity contribution is -0.384. The topological polar surface area (TPSA) is 108 Å². The Balaban J connectivity index is 1.91. The number of hydrogen-bond acceptors (Lipinski definition) is 6. The molecule has 1 aliphatic rings. The van der Waals surface area contributed by atoms with Crippen LogP contribution in [-0.2, 0) is 4.74 Å². The van der Waals surface area contributed by atoms with E-state index >= 15 is 0 Å². The molecule has 8 nitrogen and oxygen atoms in total. The summed E-state index contributed by atoms with van der Waals surface area (Å²) in [5, 5.41) is 22.7. The van der Waals surface area contributed by atoms with Crippen molar-refractivity contribution in [1.82, 2.24) is 0 Å². The summed E-state index contributed by atoms with van der Waals surface area (Å²) < 4.78 is 5.32. The van der Waals surface area contributed by atoms with Crippen molar-refractivity contribution in [1.29, 1.82) is 5.26 Å². The zero-order valence-corrected chi connectivity index (χ0v) is 13.8. The molecule has 26 heavy (non-hydrogen) atoms. The maximum atomic E-state index is 12.8. The number of nitriles is 1. The number of anilines is 2. The maximum absolute atomic E-state index is 12.8. The van der Waals surface area contributed by atoms with Crippen molar-refractivity contribution in [3.63, 3.8) is 0 Å². The molecule has 2 aromatic carbocycles. The average molecular weight is 352 g/mol. The number of non-ortho nitro benzene ring substituents is 1. The van der Waals surface area contributed by atoms with Crippen LogP contribution in [0.25, 0.3) is 0 Å². The standard InChI is InChI=1S/C18H16N4O4/c19-12-13-1-3-14(4-2-13)20-18(23)16-11-15(22(24)25)5-6-17(16)21-7-9-26-10-8-21/h1-6,11H,7-10H2,(H,20,23). The monoisotopic (exact) mass is 352 g/mol. The van der Waals surface area contributed by atoms with E-state index in [2.05, 4.69) is 5.32 Å². The number of morpholine rings is 1. The first-order chi connectivity index (χ1) is 12.6. The Morgan fingerprint density at radius 2 is 1.88 bits per heavy atom. The molecule has 0 radical (unpaired) electrons. The van der Waals surface area contributed by atoms with Crippen molar-refractivity contribution in [2.45, 2.75) is 0 Å². The number of nitrogens with zero attached hydrogens (tertiary/aromatic N) is 3. The van der Waals surface area contributed by atoms with Crippen LogP contribution in [0.1, 0.15) is 15.9 Å². The van der Waals surface area contributed by atoms with E-state index < -0.39 is 10.8 Å². The zero-order chi connectivity index (χ0) is 18.5. The summed E-state index contributed by atoms with van der Waals surface area (Å²) in [6, 6.07) is 12.7. The summed E-state index contributed by atoms with van der Waals surface area (Å²) in [5.41, 5.74) is 1.70.